The lowest BCUT2D eigenvalue weighted by Gasteiger charge is -2.38. The van der Waals surface area contributed by atoms with E-state index in [9.17, 15) is 9.11 Å². The van der Waals surface area contributed by atoms with Gasteiger partial charge in [0.25, 0.3) is 0 Å². The van der Waals surface area contributed by atoms with Crippen molar-refractivity contribution in [2.45, 2.75) is 17.4 Å². The van der Waals surface area contributed by atoms with Crippen LogP contribution in [-0.4, -0.2) is 21.7 Å². The van der Waals surface area contributed by atoms with Crippen molar-refractivity contribution in [2.75, 3.05) is 11.9 Å². The third kappa shape index (κ3) is 3.61. The van der Waals surface area contributed by atoms with Crippen LogP contribution < -0.4 is 10.0 Å². The SMILES string of the molecule is OS(O)(NC1CNc2ccc(-c3ccccc3)cc2C1)c1ccccc1. The zero-order chi connectivity index (χ0) is 18.0. The van der Waals surface area contributed by atoms with Gasteiger partial charge >= 0.3 is 0 Å². The van der Waals surface area contributed by atoms with Crippen LogP contribution in [0.15, 0.2) is 83.8 Å². The molecule has 1 heterocycles. The number of benzene rings is 3. The van der Waals surface area contributed by atoms with E-state index in [0.717, 1.165) is 12.1 Å². The van der Waals surface area contributed by atoms with E-state index in [-0.39, 0.29) is 6.04 Å². The van der Waals surface area contributed by atoms with Gasteiger partial charge in [-0.25, -0.2) is 4.72 Å². The zero-order valence-corrected chi connectivity index (χ0v) is 15.1. The van der Waals surface area contributed by atoms with Crippen LogP contribution in [0.3, 0.4) is 0 Å². The Morgan fingerprint density at radius 2 is 1.54 bits per heavy atom. The molecule has 1 aliphatic rings. The van der Waals surface area contributed by atoms with Gasteiger partial charge in [0.1, 0.15) is 0 Å². The summed E-state index contributed by atoms with van der Waals surface area (Å²) in [6.45, 7) is 0.653. The highest BCUT2D eigenvalue weighted by Crippen LogP contribution is 2.44. The molecule has 0 saturated carbocycles. The van der Waals surface area contributed by atoms with Gasteiger partial charge in [0.2, 0.25) is 0 Å². The maximum absolute atomic E-state index is 10.5. The molecule has 26 heavy (non-hydrogen) atoms. The van der Waals surface area contributed by atoms with Crippen LogP contribution in [0.5, 0.6) is 0 Å². The van der Waals surface area contributed by atoms with Crippen molar-refractivity contribution in [2.24, 2.45) is 0 Å². The highest BCUT2D eigenvalue weighted by molar-refractivity contribution is 8.22. The summed E-state index contributed by atoms with van der Waals surface area (Å²) >= 11 is 0. The molecule has 0 amide bonds. The van der Waals surface area contributed by atoms with Gasteiger partial charge in [0.05, 0.1) is 4.90 Å². The number of anilines is 1. The van der Waals surface area contributed by atoms with Gasteiger partial charge in [-0.2, -0.15) is 0 Å². The lowest BCUT2D eigenvalue weighted by atomic mass is 9.95. The standard InChI is InChI=1S/C21H22N2O2S/c24-26(25,20-9-5-2-6-10-20)23-19-14-18-13-17(11-12-21(18)22-15-19)16-7-3-1-4-8-16/h1-13,19,22-25H,14-15H2. The lowest BCUT2D eigenvalue weighted by Crippen LogP contribution is -2.41. The van der Waals surface area contributed by atoms with Crippen molar-refractivity contribution in [3.05, 3.63) is 84.4 Å². The molecule has 0 radical (unpaired) electrons. The Labute approximate surface area is 155 Å². The molecular weight excluding hydrogens is 344 g/mol. The van der Waals surface area contributed by atoms with Crippen molar-refractivity contribution in [1.29, 1.82) is 0 Å². The summed E-state index contributed by atoms with van der Waals surface area (Å²) in [5, 5.41) is 3.39. The van der Waals surface area contributed by atoms with E-state index in [4.69, 9.17) is 0 Å². The zero-order valence-electron chi connectivity index (χ0n) is 14.3. The summed E-state index contributed by atoms with van der Waals surface area (Å²) in [6, 6.07) is 25.6. The molecule has 1 unspecified atom stereocenters. The largest absolute Gasteiger partial charge is 0.383 e. The van der Waals surface area contributed by atoms with Gasteiger partial charge in [-0.15, -0.1) is 10.8 Å². The number of hydrogen-bond donors (Lipinski definition) is 4. The smallest absolute Gasteiger partial charge is 0.0750 e. The first-order valence-corrected chi connectivity index (χ1v) is 10.2. The van der Waals surface area contributed by atoms with E-state index in [1.165, 1.54) is 16.7 Å². The van der Waals surface area contributed by atoms with Crippen LogP contribution in [-0.2, 0) is 6.42 Å². The molecule has 0 spiro atoms. The Hall–Kier alpha value is -2.31. The molecule has 0 aliphatic carbocycles. The van der Waals surface area contributed by atoms with Gasteiger partial charge in [-0.3, -0.25) is 9.11 Å². The number of fused-ring (bicyclic) bond motifs is 1. The molecule has 5 heteroatoms. The molecule has 4 rings (SSSR count). The Balaban J connectivity index is 1.54. The van der Waals surface area contributed by atoms with Crippen LogP contribution in [0.25, 0.3) is 11.1 Å². The first kappa shape index (κ1) is 17.1. The molecule has 0 bridgehead atoms. The summed E-state index contributed by atoms with van der Waals surface area (Å²) in [4.78, 5) is 0.517. The Morgan fingerprint density at radius 1 is 0.846 bits per heavy atom. The highest BCUT2D eigenvalue weighted by atomic mass is 32.3. The maximum atomic E-state index is 10.5. The molecule has 1 aliphatic heterocycles. The Bertz CT molecular complexity index is 885. The Kier molecular flexibility index (Phi) is 4.70. The lowest BCUT2D eigenvalue weighted by molar-refractivity contribution is 0.451. The monoisotopic (exact) mass is 366 g/mol. The van der Waals surface area contributed by atoms with Crippen molar-refractivity contribution in [1.82, 2.24) is 4.72 Å². The van der Waals surface area contributed by atoms with Crippen LogP contribution >= 0.6 is 10.8 Å². The first-order valence-electron chi connectivity index (χ1n) is 8.65. The second-order valence-corrected chi connectivity index (χ2v) is 8.30. The van der Waals surface area contributed by atoms with Gasteiger partial charge in [-0.05, 0) is 47.4 Å². The molecule has 134 valence electrons. The van der Waals surface area contributed by atoms with E-state index in [0.29, 0.717) is 11.4 Å². The summed E-state index contributed by atoms with van der Waals surface area (Å²) < 4.78 is 24.1. The summed E-state index contributed by atoms with van der Waals surface area (Å²) in [5.41, 5.74) is 4.64. The average molecular weight is 366 g/mol. The van der Waals surface area contributed by atoms with Crippen LogP contribution in [0.4, 0.5) is 5.69 Å². The van der Waals surface area contributed by atoms with E-state index >= 15 is 0 Å². The predicted octanol–water partition coefficient (Wildman–Crippen LogP) is 5.00. The van der Waals surface area contributed by atoms with Gasteiger partial charge < -0.3 is 5.32 Å². The van der Waals surface area contributed by atoms with Crippen LogP contribution in [0, 0.1) is 0 Å². The highest BCUT2D eigenvalue weighted by Gasteiger charge is 2.24. The number of rotatable bonds is 4. The fourth-order valence-electron chi connectivity index (χ4n) is 3.31. The van der Waals surface area contributed by atoms with Gasteiger partial charge in [-0.1, -0.05) is 54.6 Å². The van der Waals surface area contributed by atoms with E-state index in [1.54, 1.807) is 12.1 Å². The summed E-state index contributed by atoms with van der Waals surface area (Å²) in [6.07, 6.45) is 0.742. The van der Waals surface area contributed by atoms with Crippen molar-refractivity contribution in [3.8, 4) is 11.1 Å². The second kappa shape index (κ2) is 7.13. The minimum Gasteiger partial charge on any atom is -0.383 e. The molecule has 4 nitrogen and oxygen atoms in total. The molecule has 4 N–H and O–H groups in total. The van der Waals surface area contributed by atoms with E-state index in [1.807, 2.05) is 36.4 Å². The topological polar surface area (TPSA) is 64.5 Å². The van der Waals surface area contributed by atoms with Gasteiger partial charge in [0.15, 0.2) is 0 Å². The molecule has 3 aromatic carbocycles. The van der Waals surface area contributed by atoms with E-state index < -0.39 is 10.8 Å². The molecule has 1 atom stereocenters. The van der Waals surface area contributed by atoms with Crippen LogP contribution in [0.1, 0.15) is 5.56 Å². The number of nitrogens with one attached hydrogen (secondary N) is 2. The van der Waals surface area contributed by atoms with Crippen molar-refractivity contribution < 1.29 is 9.11 Å². The number of hydrogen-bond acceptors (Lipinski definition) is 4. The summed E-state index contributed by atoms with van der Waals surface area (Å²) in [7, 11) is -3.01. The van der Waals surface area contributed by atoms with Crippen molar-refractivity contribution in [3.63, 3.8) is 0 Å². The average Bonchev–Trinajstić information content (AvgIpc) is 2.68. The summed E-state index contributed by atoms with van der Waals surface area (Å²) in [5.74, 6) is 0. The minimum atomic E-state index is -3.01. The third-order valence-electron chi connectivity index (χ3n) is 4.62. The fraction of sp³-hybridized carbons (Fsp3) is 0.143. The fourth-order valence-corrected chi connectivity index (χ4v) is 4.61. The predicted molar refractivity (Wildman–Crippen MR) is 109 cm³/mol. The van der Waals surface area contributed by atoms with E-state index in [2.05, 4.69) is 40.4 Å². The molecular formula is C21H22N2O2S. The molecule has 0 fully saturated rings. The molecule has 3 aromatic rings. The minimum absolute atomic E-state index is 0.0567. The second-order valence-electron chi connectivity index (χ2n) is 6.50. The maximum Gasteiger partial charge on any atom is 0.0750 e. The molecule has 0 saturated heterocycles. The quantitative estimate of drug-likeness (QED) is 0.524. The third-order valence-corrected chi connectivity index (χ3v) is 6.21. The first-order chi connectivity index (χ1) is 12.6. The van der Waals surface area contributed by atoms with Crippen molar-refractivity contribution >= 4 is 16.5 Å². The molecule has 0 aromatic heterocycles. The normalized spacial score (nSPS) is 17.2. The van der Waals surface area contributed by atoms with Gasteiger partial charge in [0, 0.05) is 18.3 Å². The van der Waals surface area contributed by atoms with Crippen LogP contribution in [0.2, 0.25) is 0 Å². The Morgan fingerprint density at radius 3 is 2.27 bits per heavy atom.